The Morgan fingerprint density at radius 2 is 1.71 bits per heavy atom. The van der Waals surface area contributed by atoms with Gasteiger partial charge in [-0.2, -0.15) is 0 Å². The first-order valence-electron chi connectivity index (χ1n) is 13.3. The average Bonchev–Trinajstić information content (AvgIpc) is 3.26. The van der Waals surface area contributed by atoms with Gasteiger partial charge in [-0.25, -0.2) is 0 Å². The van der Waals surface area contributed by atoms with E-state index < -0.39 is 36.7 Å². The Hall–Kier alpha value is -3.17. The summed E-state index contributed by atoms with van der Waals surface area (Å²) in [5, 5.41) is 25.6. The molecule has 2 aromatic rings. The highest BCUT2D eigenvalue weighted by Gasteiger charge is 2.49. The van der Waals surface area contributed by atoms with Crippen molar-refractivity contribution in [2.24, 2.45) is 11.8 Å². The first-order chi connectivity index (χ1) is 17.9. The van der Waals surface area contributed by atoms with E-state index in [0.717, 1.165) is 0 Å². The van der Waals surface area contributed by atoms with Crippen LogP contribution in [-0.2, 0) is 27.2 Å². The molecule has 1 heterocycles. The number of carbonyl (C=O) groups is 3. The summed E-state index contributed by atoms with van der Waals surface area (Å²) >= 11 is 0. The lowest BCUT2D eigenvalue weighted by Gasteiger charge is -2.45. The van der Waals surface area contributed by atoms with Gasteiger partial charge in [-0.3, -0.25) is 14.4 Å². The van der Waals surface area contributed by atoms with Gasteiger partial charge in [0.1, 0.15) is 18.1 Å². The van der Waals surface area contributed by atoms with E-state index in [4.69, 9.17) is 0 Å². The molecule has 38 heavy (non-hydrogen) atoms. The average molecular weight is 519 g/mol. The van der Waals surface area contributed by atoms with Crippen LogP contribution < -0.4 is 16.1 Å². The molecule has 0 saturated carbocycles. The first kappa shape index (κ1) is 27.9. The van der Waals surface area contributed by atoms with Gasteiger partial charge in [0, 0.05) is 5.54 Å². The van der Waals surface area contributed by atoms with Crippen molar-refractivity contribution in [3.05, 3.63) is 65.2 Å². The molecule has 4 N–H and O–H groups in total. The minimum absolute atomic E-state index is 0.0882. The van der Waals surface area contributed by atoms with Crippen LogP contribution in [0.1, 0.15) is 63.8 Å². The summed E-state index contributed by atoms with van der Waals surface area (Å²) < 4.78 is 0. The van der Waals surface area contributed by atoms with Crippen molar-refractivity contribution < 1.29 is 24.4 Å². The number of hydrogen-bond donors (Lipinski definition) is 4. The molecule has 3 unspecified atom stereocenters. The molecule has 1 aliphatic carbocycles. The topological polar surface area (TPSA) is 119 Å². The fourth-order valence-electron chi connectivity index (χ4n) is 5.64. The van der Waals surface area contributed by atoms with E-state index in [0.29, 0.717) is 24.8 Å². The van der Waals surface area contributed by atoms with Crippen LogP contribution in [0.4, 0.5) is 0 Å². The van der Waals surface area contributed by atoms with Crippen LogP contribution >= 0.6 is 0 Å². The monoisotopic (exact) mass is 519 g/mol. The molecule has 3 atom stereocenters. The van der Waals surface area contributed by atoms with Crippen LogP contribution in [0.3, 0.4) is 0 Å². The summed E-state index contributed by atoms with van der Waals surface area (Å²) in [6.45, 7) is 9.51. The Bertz CT molecular complexity index is 1180. The molecule has 8 nitrogen and oxygen atoms in total. The van der Waals surface area contributed by atoms with Gasteiger partial charge in [0.2, 0.25) is 17.7 Å². The molecule has 1 fully saturated rings. The molecule has 202 valence electrons. The molecule has 2 aliphatic rings. The summed E-state index contributed by atoms with van der Waals surface area (Å²) in [4.78, 5) is 43.3. The number of rotatable bonds is 7. The molecule has 1 aliphatic heterocycles. The lowest BCUT2D eigenvalue weighted by atomic mass is 9.78. The van der Waals surface area contributed by atoms with E-state index in [1.54, 1.807) is 18.2 Å². The summed E-state index contributed by atoms with van der Waals surface area (Å²) in [6, 6.07) is 11.7. The number of fused-ring (bicyclic) bond motifs is 1. The fraction of sp³-hybridized carbons (Fsp3) is 0.483. The maximum Gasteiger partial charge on any atom is 0.488 e. The van der Waals surface area contributed by atoms with E-state index in [2.05, 4.69) is 22.8 Å². The Labute approximate surface area is 225 Å². The van der Waals surface area contributed by atoms with Crippen molar-refractivity contribution in [1.29, 1.82) is 0 Å². The lowest BCUT2D eigenvalue weighted by molar-refractivity contribution is -0.158. The van der Waals surface area contributed by atoms with Crippen LogP contribution in [0.2, 0.25) is 0 Å². The quantitative estimate of drug-likeness (QED) is 0.414. The van der Waals surface area contributed by atoms with Crippen molar-refractivity contribution in [2.45, 2.75) is 77.5 Å². The second-order valence-corrected chi connectivity index (χ2v) is 12.0. The van der Waals surface area contributed by atoms with Crippen LogP contribution in [-0.4, -0.2) is 57.4 Å². The number of piperazine rings is 1. The molecule has 9 heteroatoms. The summed E-state index contributed by atoms with van der Waals surface area (Å²) in [7, 11) is -1.74. The highest BCUT2D eigenvalue weighted by molar-refractivity contribution is 6.58. The van der Waals surface area contributed by atoms with Gasteiger partial charge in [-0.1, -0.05) is 62.4 Å². The minimum atomic E-state index is -1.74. The van der Waals surface area contributed by atoms with E-state index in [9.17, 15) is 24.4 Å². The highest BCUT2D eigenvalue weighted by Crippen LogP contribution is 2.35. The van der Waals surface area contributed by atoms with Crippen LogP contribution in [0, 0.1) is 11.8 Å². The van der Waals surface area contributed by atoms with Gasteiger partial charge >= 0.3 is 7.12 Å². The van der Waals surface area contributed by atoms with E-state index >= 15 is 0 Å². The molecular formula is C29H38BN3O5. The Morgan fingerprint density at radius 1 is 1.08 bits per heavy atom. The SMILES string of the molecule is CC(C)CC1C(=O)NC(C2Cc3ccccc3C2)C(=O)N1C(C(=O)NC(C)(C)C)c1cccc(B(O)O)c1. The number of hydrogen-bond acceptors (Lipinski definition) is 5. The summed E-state index contributed by atoms with van der Waals surface area (Å²) in [5.74, 6) is -1.02. The Morgan fingerprint density at radius 3 is 2.26 bits per heavy atom. The van der Waals surface area contributed by atoms with E-state index in [-0.39, 0.29) is 29.1 Å². The number of carbonyl (C=O) groups excluding carboxylic acids is 3. The normalized spacial score (nSPS) is 20.8. The smallest absolute Gasteiger partial charge is 0.423 e. The van der Waals surface area contributed by atoms with Crippen LogP contribution in [0.5, 0.6) is 0 Å². The molecule has 0 radical (unpaired) electrons. The molecule has 3 amide bonds. The van der Waals surface area contributed by atoms with Crippen LogP contribution in [0.25, 0.3) is 0 Å². The number of benzene rings is 2. The third-order valence-electron chi connectivity index (χ3n) is 7.25. The van der Waals surface area contributed by atoms with Gasteiger partial charge < -0.3 is 25.6 Å². The predicted molar refractivity (Wildman–Crippen MR) is 146 cm³/mol. The van der Waals surface area contributed by atoms with Gasteiger partial charge in [0.05, 0.1) is 0 Å². The zero-order valence-electron chi connectivity index (χ0n) is 22.8. The van der Waals surface area contributed by atoms with Crippen molar-refractivity contribution in [3.63, 3.8) is 0 Å². The highest BCUT2D eigenvalue weighted by atomic mass is 16.4. The van der Waals surface area contributed by atoms with Gasteiger partial charge in [-0.05, 0) is 74.0 Å². The van der Waals surface area contributed by atoms with Crippen molar-refractivity contribution >= 4 is 30.3 Å². The third kappa shape index (κ3) is 5.94. The molecule has 0 aromatic heterocycles. The molecule has 4 rings (SSSR count). The summed E-state index contributed by atoms with van der Waals surface area (Å²) in [5.41, 5.74) is 2.37. The van der Waals surface area contributed by atoms with E-state index in [1.165, 1.54) is 22.1 Å². The number of nitrogens with one attached hydrogen (secondary N) is 2. The van der Waals surface area contributed by atoms with Gasteiger partial charge in [0.15, 0.2) is 0 Å². The largest absolute Gasteiger partial charge is 0.488 e. The standard InChI is InChI=1S/C29H38BN3O5/c1-17(2)13-23-26(34)31-24(21-14-18-9-6-7-10-19(18)15-21)28(36)33(23)25(27(35)32-29(3,4)5)20-11-8-12-22(16-20)30(37)38/h6-12,16-17,21,23-25,37-38H,13-15H2,1-5H3,(H,31,34)(H,32,35). The van der Waals surface area contributed by atoms with Gasteiger partial charge in [0.25, 0.3) is 0 Å². The Balaban J connectivity index is 1.79. The molecule has 0 bridgehead atoms. The first-order valence-corrected chi connectivity index (χ1v) is 13.3. The van der Waals surface area contributed by atoms with Crippen molar-refractivity contribution in [1.82, 2.24) is 15.5 Å². The third-order valence-corrected chi connectivity index (χ3v) is 7.25. The molecule has 1 saturated heterocycles. The van der Waals surface area contributed by atoms with Crippen LogP contribution in [0.15, 0.2) is 48.5 Å². The maximum atomic E-state index is 14.3. The number of nitrogens with zero attached hydrogens (tertiary/aromatic N) is 1. The lowest BCUT2D eigenvalue weighted by Crippen LogP contribution is -2.67. The predicted octanol–water partition coefficient (Wildman–Crippen LogP) is 1.48. The van der Waals surface area contributed by atoms with Crippen molar-refractivity contribution in [3.8, 4) is 0 Å². The minimum Gasteiger partial charge on any atom is -0.423 e. The zero-order valence-corrected chi connectivity index (χ0v) is 22.8. The van der Waals surface area contributed by atoms with E-state index in [1.807, 2.05) is 46.8 Å². The van der Waals surface area contributed by atoms with Gasteiger partial charge in [-0.15, -0.1) is 0 Å². The molecular weight excluding hydrogens is 481 g/mol. The number of amides is 3. The maximum absolute atomic E-state index is 14.3. The molecule has 2 aromatic carbocycles. The van der Waals surface area contributed by atoms with Crippen molar-refractivity contribution in [2.75, 3.05) is 0 Å². The second-order valence-electron chi connectivity index (χ2n) is 12.0. The summed E-state index contributed by atoms with van der Waals surface area (Å²) in [6.07, 6.45) is 1.72. The fourth-order valence-corrected chi connectivity index (χ4v) is 5.64. The molecule has 0 spiro atoms. The Kier molecular flexibility index (Phi) is 8.00. The zero-order chi connectivity index (χ0) is 27.8. The second kappa shape index (κ2) is 10.9.